The van der Waals surface area contributed by atoms with E-state index in [1.165, 1.54) is 0 Å². The molecule has 2 heterocycles. The number of rotatable bonds is 7. The minimum atomic E-state index is -0.321. The Morgan fingerprint density at radius 1 is 1.33 bits per heavy atom. The summed E-state index contributed by atoms with van der Waals surface area (Å²) >= 11 is 0. The van der Waals surface area contributed by atoms with E-state index in [1.54, 1.807) is 25.6 Å². The molecule has 24 heavy (non-hydrogen) atoms. The van der Waals surface area contributed by atoms with Crippen LogP contribution in [-0.2, 0) is 19.1 Å². The number of piperidine rings is 1. The predicted molar refractivity (Wildman–Crippen MR) is 87.4 cm³/mol. The van der Waals surface area contributed by atoms with Crippen LogP contribution in [0.4, 0.5) is 5.95 Å². The second-order valence-electron chi connectivity index (χ2n) is 5.84. The molecule has 1 amide bonds. The zero-order chi connectivity index (χ0) is 17.4. The molecule has 8 nitrogen and oxygen atoms in total. The minimum absolute atomic E-state index is 0.115. The SMILES string of the molecule is COCC(C)NC(=O)COC(=O)C1CCN(c2ncccn2)CC1. The maximum absolute atomic E-state index is 12.1. The van der Waals surface area contributed by atoms with Crippen LogP contribution in [0.25, 0.3) is 0 Å². The van der Waals surface area contributed by atoms with Gasteiger partial charge in [0.15, 0.2) is 6.61 Å². The van der Waals surface area contributed by atoms with E-state index in [0.717, 1.165) is 0 Å². The standard InChI is InChI=1S/C16H24N4O4/c1-12(10-23-2)19-14(21)11-24-15(22)13-4-8-20(9-5-13)16-17-6-3-7-18-16/h3,6-7,12-13H,4-5,8-11H2,1-2H3,(H,19,21). The number of nitrogens with one attached hydrogen (secondary N) is 1. The third kappa shape index (κ3) is 5.45. The molecule has 1 aromatic rings. The van der Waals surface area contributed by atoms with Crippen molar-refractivity contribution in [2.45, 2.75) is 25.8 Å². The lowest BCUT2D eigenvalue weighted by molar-refractivity contribution is -0.153. The summed E-state index contributed by atoms with van der Waals surface area (Å²) in [6.07, 6.45) is 4.73. The highest BCUT2D eigenvalue weighted by Gasteiger charge is 2.27. The first-order valence-corrected chi connectivity index (χ1v) is 8.07. The summed E-state index contributed by atoms with van der Waals surface area (Å²) in [7, 11) is 1.57. The highest BCUT2D eigenvalue weighted by molar-refractivity contribution is 5.81. The molecule has 1 atom stereocenters. The Balaban J connectivity index is 1.70. The van der Waals surface area contributed by atoms with Gasteiger partial charge in [-0.2, -0.15) is 0 Å². The van der Waals surface area contributed by atoms with Gasteiger partial charge < -0.3 is 19.7 Å². The lowest BCUT2D eigenvalue weighted by Gasteiger charge is -2.30. The van der Waals surface area contributed by atoms with Gasteiger partial charge in [-0.3, -0.25) is 9.59 Å². The first kappa shape index (κ1) is 18.1. The van der Waals surface area contributed by atoms with Crippen LogP contribution in [-0.4, -0.2) is 61.3 Å². The molecule has 8 heteroatoms. The highest BCUT2D eigenvalue weighted by atomic mass is 16.5. The van der Waals surface area contributed by atoms with Crippen LogP contribution in [0.3, 0.4) is 0 Å². The van der Waals surface area contributed by atoms with Crippen molar-refractivity contribution in [1.29, 1.82) is 0 Å². The normalized spacial score (nSPS) is 16.5. The summed E-state index contributed by atoms with van der Waals surface area (Å²) in [5.74, 6) is -0.147. The van der Waals surface area contributed by atoms with Crippen LogP contribution in [0.5, 0.6) is 0 Å². The van der Waals surface area contributed by atoms with E-state index in [1.807, 2.05) is 11.8 Å². The van der Waals surface area contributed by atoms with Gasteiger partial charge in [0.2, 0.25) is 5.95 Å². The van der Waals surface area contributed by atoms with Crippen LogP contribution in [0.2, 0.25) is 0 Å². The van der Waals surface area contributed by atoms with Crippen molar-refractivity contribution in [2.75, 3.05) is 38.3 Å². The quantitative estimate of drug-likeness (QED) is 0.720. The fourth-order valence-electron chi connectivity index (χ4n) is 2.63. The maximum atomic E-state index is 12.1. The lowest BCUT2D eigenvalue weighted by Crippen LogP contribution is -2.40. The molecule has 1 fully saturated rings. The van der Waals surface area contributed by atoms with Gasteiger partial charge in [0.05, 0.1) is 12.5 Å². The van der Waals surface area contributed by atoms with E-state index in [4.69, 9.17) is 9.47 Å². The van der Waals surface area contributed by atoms with E-state index in [9.17, 15) is 9.59 Å². The van der Waals surface area contributed by atoms with Gasteiger partial charge in [0.1, 0.15) is 0 Å². The van der Waals surface area contributed by atoms with Gasteiger partial charge in [0.25, 0.3) is 5.91 Å². The Bertz CT molecular complexity index is 532. The van der Waals surface area contributed by atoms with Crippen LogP contribution in [0.1, 0.15) is 19.8 Å². The van der Waals surface area contributed by atoms with Gasteiger partial charge in [-0.25, -0.2) is 9.97 Å². The summed E-state index contributed by atoms with van der Waals surface area (Å²) in [5.41, 5.74) is 0. The van der Waals surface area contributed by atoms with Crippen LogP contribution < -0.4 is 10.2 Å². The molecule has 0 saturated carbocycles. The predicted octanol–water partition coefficient (Wildman–Crippen LogP) is 0.387. The highest BCUT2D eigenvalue weighted by Crippen LogP contribution is 2.21. The summed E-state index contributed by atoms with van der Waals surface area (Å²) in [6.45, 7) is 3.38. The molecule has 0 spiro atoms. The van der Waals surface area contributed by atoms with Crippen molar-refractivity contribution < 1.29 is 19.1 Å². The number of hydrogen-bond acceptors (Lipinski definition) is 7. The number of esters is 1. The van der Waals surface area contributed by atoms with E-state index in [0.29, 0.717) is 38.5 Å². The fraction of sp³-hybridized carbons (Fsp3) is 0.625. The zero-order valence-corrected chi connectivity index (χ0v) is 14.1. The van der Waals surface area contributed by atoms with Gasteiger partial charge in [-0.1, -0.05) is 0 Å². The molecule has 1 aromatic heterocycles. The van der Waals surface area contributed by atoms with Gasteiger partial charge >= 0.3 is 5.97 Å². The van der Waals surface area contributed by atoms with Crippen molar-refractivity contribution in [1.82, 2.24) is 15.3 Å². The molecule has 0 radical (unpaired) electrons. The smallest absolute Gasteiger partial charge is 0.309 e. The first-order chi connectivity index (χ1) is 11.6. The summed E-state index contributed by atoms with van der Waals surface area (Å²) in [4.78, 5) is 34.2. The van der Waals surface area contributed by atoms with E-state index in [-0.39, 0.29) is 30.4 Å². The second kappa shape index (κ2) is 9.17. The molecule has 1 saturated heterocycles. The van der Waals surface area contributed by atoms with Crippen molar-refractivity contribution >= 4 is 17.8 Å². The topological polar surface area (TPSA) is 93.6 Å². The van der Waals surface area contributed by atoms with Crippen molar-refractivity contribution in [2.24, 2.45) is 5.92 Å². The Morgan fingerprint density at radius 2 is 2.00 bits per heavy atom. The summed E-state index contributed by atoms with van der Waals surface area (Å²) in [5, 5.41) is 2.70. The Hall–Kier alpha value is -2.22. The average molecular weight is 336 g/mol. The summed E-state index contributed by atoms with van der Waals surface area (Å²) in [6, 6.07) is 1.65. The third-order valence-corrected chi connectivity index (χ3v) is 3.83. The van der Waals surface area contributed by atoms with E-state index >= 15 is 0 Å². The number of carbonyl (C=O) groups excluding carboxylic acids is 2. The molecule has 1 unspecified atom stereocenters. The van der Waals surface area contributed by atoms with Gasteiger partial charge in [-0.05, 0) is 25.8 Å². The Kier molecular flexibility index (Phi) is 6.92. The van der Waals surface area contributed by atoms with Crippen molar-refractivity contribution in [3.8, 4) is 0 Å². The molecule has 2 rings (SSSR count). The molecule has 0 aliphatic carbocycles. The van der Waals surface area contributed by atoms with Crippen LogP contribution >= 0.6 is 0 Å². The Labute approximate surface area is 141 Å². The summed E-state index contributed by atoms with van der Waals surface area (Å²) < 4.78 is 10.1. The number of aromatic nitrogens is 2. The molecular formula is C16H24N4O4. The van der Waals surface area contributed by atoms with Gasteiger partial charge in [0, 0.05) is 38.6 Å². The largest absolute Gasteiger partial charge is 0.455 e. The number of nitrogens with zero attached hydrogens (tertiary/aromatic N) is 3. The number of anilines is 1. The zero-order valence-electron chi connectivity index (χ0n) is 14.1. The number of methoxy groups -OCH3 is 1. The monoisotopic (exact) mass is 336 g/mol. The molecule has 0 bridgehead atoms. The number of carbonyl (C=O) groups is 2. The second-order valence-corrected chi connectivity index (χ2v) is 5.84. The molecular weight excluding hydrogens is 312 g/mol. The fourth-order valence-corrected chi connectivity index (χ4v) is 2.63. The average Bonchev–Trinajstić information content (AvgIpc) is 2.61. The number of hydrogen-bond donors (Lipinski definition) is 1. The molecule has 1 N–H and O–H groups in total. The number of ether oxygens (including phenoxy) is 2. The molecule has 132 valence electrons. The first-order valence-electron chi connectivity index (χ1n) is 8.07. The molecule has 1 aliphatic heterocycles. The lowest BCUT2D eigenvalue weighted by atomic mass is 9.97. The van der Waals surface area contributed by atoms with E-state index < -0.39 is 0 Å². The minimum Gasteiger partial charge on any atom is -0.455 e. The third-order valence-electron chi connectivity index (χ3n) is 3.83. The van der Waals surface area contributed by atoms with Crippen LogP contribution in [0, 0.1) is 5.92 Å². The van der Waals surface area contributed by atoms with Crippen molar-refractivity contribution in [3.05, 3.63) is 18.5 Å². The molecule has 1 aliphatic rings. The number of amides is 1. The molecule has 0 aromatic carbocycles. The van der Waals surface area contributed by atoms with Gasteiger partial charge in [-0.15, -0.1) is 0 Å². The Morgan fingerprint density at radius 3 is 2.62 bits per heavy atom. The maximum Gasteiger partial charge on any atom is 0.309 e. The van der Waals surface area contributed by atoms with Crippen molar-refractivity contribution in [3.63, 3.8) is 0 Å². The van der Waals surface area contributed by atoms with Crippen LogP contribution in [0.15, 0.2) is 18.5 Å². The van der Waals surface area contributed by atoms with E-state index in [2.05, 4.69) is 15.3 Å².